The molecule has 1 fully saturated rings. The van der Waals surface area contributed by atoms with Crippen molar-refractivity contribution in [3.8, 4) is 0 Å². The first-order chi connectivity index (χ1) is 9.28. The van der Waals surface area contributed by atoms with Gasteiger partial charge in [-0.3, -0.25) is 4.79 Å². The summed E-state index contributed by atoms with van der Waals surface area (Å²) in [4.78, 5) is 16.0. The van der Waals surface area contributed by atoms with Gasteiger partial charge in [0.1, 0.15) is 0 Å². The maximum Gasteiger partial charge on any atom is 0.224 e. The molecule has 1 amide bonds. The molecule has 0 spiro atoms. The average molecular weight is 256 g/mol. The van der Waals surface area contributed by atoms with Crippen LogP contribution in [-0.2, 0) is 11.3 Å². The van der Waals surface area contributed by atoms with Gasteiger partial charge in [0, 0.05) is 25.7 Å². The molecule has 1 aromatic rings. The Labute approximate surface area is 114 Å². The molecule has 1 saturated heterocycles. The Kier molecular flexibility index (Phi) is 3.28. The van der Waals surface area contributed by atoms with Crippen molar-refractivity contribution in [1.82, 2.24) is 9.80 Å². The molecule has 3 nitrogen and oxygen atoms in total. The molecule has 0 saturated carbocycles. The minimum Gasteiger partial charge on any atom is -0.355 e. The van der Waals surface area contributed by atoms with Gasteiger partial charge in [0.05, 0.1) is 6.67 Å². The van der Waals surface area contributed by atoms with Gasteiger partial charge in [-0.15, -0.1) is 0 Å². The fraction of sp³-hybridized carbons (Fsp3) is 0.438. The summed E-state index contributed by atoms with van der Waals surface area (Å²) in [5, 5.41) is 0. The predicted octanol–water partition coefficient (Wildman–Crippen LogP) is 2.83. The molecule has 1 aromatic carbocycles. The average Bonchev–Trinajstić information content (AvgIpc) is 2.83. The Bertz CT molecular complexity index is 521. The van der Waals surface area contributed by atoms with Gasteiger partial charge in [0.15, 0.2) is 0 Å². The SMILES string of the molecule is CCC1=CN(CN2CCCC2=O)Cc2ccccc21. The molecule has 2 aliphatic heterocycles. The van der Waals surface area contributed by atoms with Crippen LogP contribution < -0.4 is 0 Å². The Balaban J connectivity index is 1.80. The van der Waals surface area contributed by atoms with Crippen molar-refractivity contribution in [2.75, 3.05) is 13.2 Å². The normalized spacial score (nSPS) is 18.6. The first-order valence-corrected chi connectivity index (χ1v) is 7.08. The van der Waals surface area contributed by atoms with E-state index < -0.39 is 0 Å². The van der Waals surface area contributed by atoms with Crippen molar-refractivity contribution in [2.45, 2.75) is 32.7 Å². The summed E-state index contributed by atoms with van der Waals surface area (Å²) >= 11 is 0. The smallest absolute Gasteiger partial charge is 0.224 e. The maximum atomic E-state index is 11.7. The van der Waals surface area contributed by atoms with Gasteiger partial charge in [-0.1, -0.05) is 31.2 Å². The van der Waals surface area contributed by atoms with Gasteiger partial charge in [-0.05, 0) is 29.5 Å². The number of nitrogens with zero attached hydrogens (tertiary/aromatic N) is 2. The van der Waals surface area contributed by atoms with Crippen molar-refractivity contribution in [1.29, 1.82) is 0 Å². The summed E-state index contributed by atoms with van der Waals surface area (Å²) in [6.07, 6.45) is 4.98. The zero-order chi connectivity index (χ0) is 13.2. The Hall–Kier alpha value is -1.77. The lowest BCUT2D eigenvalue weighted by atomic mass is 9.95. The Morgan fingerprint density at radius 1 is 1.26 bits per heavy atom. The molecule has 0 aliphatic carbocycles. The van der Waals surface area contributed by atoms with Gasteiger partial charge in [-0.2, -0.15) is 0 Å². The number of benzene rings is 1. The summed E-state index contributed by atoms with van der Waals surface area (Å²) in [7, 11) is 0. The number of likely N-dealkylation sites (tertiary alicyclic amines) is 1. The number of amides is 1. The molecule has 0 aromatic heterocycles. The highest BCUT2D eigenvalue weighted by atomic mass is 16.2. The van der Waals surface area contributed by atoms with Crippen LogP contribution in [0.25, 0.3) is 5.57 Å². The largest absolute Gasteiger partial charge is 0.355 e. The summed E-state index contributed by atoms with van der Waals surface area (Å²) in [6, 6.07) is 8.58. The standard InChI is InChI=1S/C16H20N2O/c1-2-13-10-17(12-18-9-5-8-16(18)19)11-14-6-3-4-7-15(13)14/h3-4,6-7,10H,2,5,8-9,11-12H2,1H3. The second kappa shape index (κ2) is 5.08. The van der Waals surface area contributed by atoms with Gasteiger partial charge in [0.2, 0.25) is 5.91 Å². The van der Waals surface area contributed by atoms with Crippen LogP contribution >= 0.6 is 0 Å². The lowest BCUT2D eigenvalue weighted by Crippen LogP contribution is -2.36. The van der Waals surface area contributed by atoms with E-state index in [0.29, 0.717) is 5.91 Å². The Morgan fingerprint density at radius 2 is 2.11 bits per heavy atom. The molecule has 0 bridgehead atoms. The van der Waals surface area contributed by atoms with E-state index in [9.17, 15) is 4.79 Å². The van der Waals surface area contributed by atoms with Crippen LogP contribution in [0.1, 0.15) is 37.3 Å². The molecule has 3 heteroatoms. The van der Waals surface area contributed by atoms with Gasteiger partial charge < -0.3 is 9.80 Å². The first kappa shape index (κ1) is 12.3. The maximum absolute atomic E-state index is 11.7. The second-order valence-corrected chi connectivity index (χ2v) is 5.31. The van der Waals surface area contributed by atoms with E-state index in [1.165, 1.54) is 16.7 Å². The number of fused-ring (bicyclic) bond motifs is 1. The number of carbonyl (C=O) groups is 1. The Morgan fingerprint density at radius 3 is 2.84 bits per heavy atom. The quantitative estimate of drug-likeness (QED) is 0.830. The monoisotopic (exact) mass is 256 g/mol. The summed E-state index contributed by atoms with van der Waals surface area (Å²) in [5.41, 5.74) is 4.11. The van der Waals surface area contributed by atoms with E-state index in [4.69, 9.17) is 0 Å². The molecule has 0 unspecified atom stereocenters. The summed E-state index contributed by atoms with van der Waals surface area (Å²) in [5.74, 6) is 0.297. The third-order valence-electron chi connectivity index (χ3n) is 3.98. The van der Waals surface area contributed by atoms with Crippen LogP contribution in [-0.4, -0.2) is 28.9 Å². The number of rotatable bonds is 3. The van der Waals surface area contributed by atoms with Crippen molar-refractivity contribution < 1.29 is 4.79 Å². The summed E-state index contributed by atoms with van der Waals surface area (Å²) < 4.78 is 0. The van der Waals surface area contributed by atoms with E-state index in [2.05, 4.69) is 42.3 Å². The van der Waals surface area contributed by atoms with E-state index >= 15 is 0 Å². The number of carbonyl (C=O) groups excluding carboxylic acids is 1. The molecule has 2 heterocycles. The molecule has 100 valence electrons. The zero-order valence-corrected chi connectivity index (χ0v) is 11.4. The molecule has 0 radical (unpaired) electrons. The van der Waals surface area contributed by atoms with Crippen LogP contribution in [0.2, 0.25) is 0 Å². The third kappa shape index (κ3) is 2.37. The topological polar surface area (TPSA) is 23.6 Å². The van der Waals surface area contributed by atoms with Gasteiger partial charge in [0.25, 0.3) is 0 Å². The van der Waals surface area contributed by atoms with Crippen LogP contribution in [0.5, 0.6) is 0 Å². The van der Waals surface area contributed by atoms with Crippen molar-refractivity contribution in [2.24, 2.45) is 0 Å². The highest BCUT2D eigenvalue weighted by molar-refractivity contribution is 5.78. The lowest BCUT2D eigenvalue weighted by Gasteiger charge is -2.32. The first-order valence-electron chi connectivity index (χ1n) is 7.08. The van der Waals surface area contributed by atoms with E-state index in [1.54, 1.807) is 0 Å². The molecular formula is C16H20N2O. The highest BCUT2D eigenvalue weighted by Gasteiger charge is 2.23. The molecule has 3 rings (SSSR count). The fourth-order valence-electron chi connectivity index (χ4n) is 2.97. The van der Waals surface area contributed by atoms with E-state index in [1.807, 2.05) is 4.90 Å². The summed E-state index contributed by atoms with van der Waals surface area (Å²) in [6.45, 7) is 4.74. The lowest BCUT2D eigenvalue weighted by molar-refractivity contribution is -0.129. The number of hydrogen-bond donors (Lipinski definition) is 0. The van der Waals surface area contributed by atoms with E-state index in [-0.39, 0.29) is 0 Å². The minimum atomic E-state index is 0.297. The number of allylic oxidation sites excluding steroid dienone is 1. The second-order valence-electron chi connectivity index (χ2n) is 5.31. The van der Waals surface area contributed by atoms with Gasteiger partial charge >= 0.3 is 0 Å². The molecular weight excluding hydrogens is 236 g/mol. The van der Waals surface area contributed by atoms with Crippen molar-refractivity contribution in [3.05, 3.63) is 41.6 Å². The molecule has 0 N–H and O–H groups in total. The molecule has 2 aliphatic rings. The van der Waals surface area contributed by atoms with Gasteiger partial charge in [-0.25, -0.2) is 0 Å². The van der Waals surface area contributed by atoms with E-state index in [0.717, 1.165) is 39.0 Å². The van der Waals surface area contributed by atoms with Crippen LogP contribution in [0.15, 0.2) is 30.5 Å². The van der Waals surface area contributed by atoms with Crippen LogP contribution in [0, 0.1) is 0 Å². The van der Waals surface area contributed by atoms with Crippen molar-refractivity contribution >= 4 is 11.5 Å². The minimum absolute atomic E-state index is 0.297. The van der Waals surface area contributed by atoms with Crippen LogP contribution in [0.3, 0.4) is 0 Å². The molecule has 0 atom stereocenters. The predicted molar refractivity (Wildman–Crippen MR) is 76.1 cm³/mol. The highest BCUT2D eigenvalue weighted by Crippen LogP contribution is 2.29. The van der Waals surface area contributed by atoms with Crippen molar-refractivity contribution in [3.63, 3.8) is 0 Å². The third-order valence-corrected chi connectivity index (χ3v) is 3.98. The number of hydrogen-bond acceptors (Lipinski definition) is 2. The fourth-order valence-corrected chi connectivity index (χ4v) is 2.97. The molecule has 19 heavy (non-hydrogen) atoms. The zero-order valence-electron chi connectivity index (χ0n) is 11.4. The van der Waals surface area contributed by atoms with Crippen LogP contribution in [0.4, 0.5) is 0 Å².